The van der Waals surface area contributed by atoms with Gasteiger partial charge in [-0.25, -0.2) is 14.3 Å². The van der Waals surface area contributed by atoms with Crippen molar-refractivity contribution in [2.24, 2.45) is 5.90 Å². The van der Waals surface area contributed by atoms with Crippen LogP contribution in [0.2, 0.25) is 0 Å². The van der Waals surface area contributed by atoms with Crippen LogP contribution in [0.1, 0.15) is 24.0 Å². The summed E-state index contributed by atoms with van der Waals surface area (Å²) in [5.41, 5.74) is 2.15. The lowest BCUT2D eigenvalue weighted by atomic mass is 9.96. The van der Waals surface area contributed by atoms with E-state index in [-0.39, 0.29) is 11.2 Å². The highest BCUT2D eigenvalue weighted by molar-refractivity contribution is 7.90. The molecular weight excluding hydrogens is 250 g/mol. The minimum Gasteiger partial charge on any atom is -0.304 e. The fourth-order valence-corrected chi connectivity index (χ4v) is 3.83. The van der Waals surface area contributed by atoms with Crippen LogP contribution in [-0.4, -0.2) is 27.0 Å². The van der Waals surface area contributed by atoms with Crippen molar-refractivity contribution in [3.63, 3.8) is 0 Å². The maximum Gasteiger partial charge on any atom is 0.148 e. The van der Waals surface area contributed by atoms with E-state index < -0.39 is 9.84 Å². The second-order valence-corrected chi connectivity index (χ2v) is 7.31. The minimum atomic E-state index is -2.93. The van der Waals surface area contributed by atoms with E-state index in [1.165, 1.54) is 6.26 Å². The fourth-order valence-electron chi connectivity index (χ4n) is 2.37. The molecule has 0 aromatic heterocycles. The predicted octanol–water partition coefficient (Wildman–Crippen LogP) is 1.20. The molecule has 0 amide bonds. The first kappa shape index (κ1) is 13.5. The molecule has 1 aromatic rings. The van der Waals surface area contributed by atoms with Gasteiger partial charge in [-0.15, -0.1) is 0 Å². The molecule has 1 aliphatic rings. The average Bonchev–Trinajstić information content (AvgIpc) is 3.05. The molecule has 18 heavy (non-hydrogen) atoms. The number of sulfone groups is 1. The van der Waals surface area contributed by atoms with Crippen molar-refractivity contribution in [1.29, 1.82) is 0 Å². The summed E-state index contributed by atoms with van der Waals surface area (Å²) in [6.07, 6.45) is 4.01. The normalized spacial score (nSPS) is 17.7. The van der Waals surface area contributed by atoms with Crippen molar-refractivity contribution in [3.8, 4) is 0 Å². The maximum atomic E-state index is 11.4. The van der Waals surface area contributed by atoms with Gasteiger partial charge in [0.25, 0.3) is 0 Å². The van der Waals surface area contributed by atoms with Crippen molar-refractivity contribution in [3.05, 3.63) is 35.4 Å². The third-order valence-electron chi connectivity index (χ3n) is 3.47. The van der Waals surface area contributed by atoms with Crippen molar-refractivity contribution in [1.82, 2.24) is 0 Å². The Morgan fingerprint density at radius 3 is 2.33 bits per heavy atom. The van der Waals surface area contributed by atoms with E-state index in [1.807, 2.05) is 24.3 Å². The van der Waals surface area contributed by atoms with Gasteiger partial charge in [-0.3, -0.25) is 0 Å². The van der Waals surface area contributed by atoms with E-state index in [4.69, 9.17) is 5.90 Å². The quantitative estimate of drug-likeness (QED) is 0.788. The summed E-state index contributed by atoms with van der Waals surface area (Å²) in [6, 6.07) is 8.11. The largest absolute Gasteiger partial charge is 0.304 e. The number of nitrogens with two attached hydrogens (primary N) is 1. The number of hydrogen-bond donors (Lipinski definition) is 1. The molecule has 0 atom stereocenters. The predicted molar refractivity (Wildman–Crippen MR) is 70.9 cm³/mol. The maximum absolute atomic E-state index is 11.4. The summed E-state index contributed by atoms with van der Waals surface area (Å²) in [6.45, 7) is 0.494. The summed E-state index contributed by atoms with van der Waals surface area (Å²) in [4.78, 5) is 4.54. The Labute approximate surface area is 108 Å². The van der Waals surface area contributed by atoms with Crippen LogP contribution in [0.4, 0.5) is 0 Å². The molecule has 0 heterocycles. The third-order valence-corrected chi connectivity index (χ3v) is 4.54. The van der Waals surface area contributed by atoms with E-state index in [0.29, 0.717) is 6.61 Å². The molecule has 5 heteroatoms. The Kier molecular flexibility index (Phi) is 3.75. The van der Waals surface area contributed by atoms with Crippen LogP contribution in [0.15, 0.2) is 24.3 Å². The summed E-state index contributed by atoms with van der Waals surface area (Å²) < 4.78 is 22.9. The zero-order chi connectivity index (χ0) is 13.2. The molecule has 0 spiro atoms. The zero-order valence-corrected chi connectivity index (χ0v) is 11.4. The zero-order valence-electron chi connectivity index (χ0n) is 10.6. The van der Waals surface area contributed by atoms with Gasteiger partial charge in [0, 0.05) is 11.7 Å². The van der Waals surface area contributed by atoms with Crippen molar-refractivity contribution in [2.45, 2.75) is 24.7 Å². The van der Waals surface area contributed by atoms with Crippen LogP contribution in [0.5, 0.6) is 0 Å². The van der Waals surface area contributed by atoms with Crippen LogP contribution in [0.3, 0.4) is 0 Å². The van der Waals surface area contributed by atoms with Gasteiger partial charge >= 0.3 is 0 Å². The molecule has 0 unspecified atom stereocenters. The Morgan fingerprint density at radius 1 is 1.28 bits per heavy atom. The molecule has 2 N–H and O–H groups in total. The van der Waals surface area contributed by atoms with Gasteiger partial charge in [-0.1, -0.05) is 24.3 Å². The molecule has 2 rings (SSSR count). The Morgan fingerprint density at radius 2 is 1.89 bits per heavy atom. The molecule has 1 aliphatic carbocycles. The van der Waals surface area contributed by atoms with E-state index >= 15 is 0 Å². The first-order valence-corrected chi connectivity index (χ1v) is 8.10. The lowest BCUT2D eigenvalue weighted by Crippen LogP contribution is -2.19. The van der Waals surface area contributed by atoms with Crippen molar-refractivity contribution < 1.29 is 13.3 Å². The smallest absolute Gasteiger partial charge is 0.148 e. The van der Waals surface area contributed by atoms with Crippen LogP contribution >= 0.6 is 0 Å². The van der Waals surface area contributed by atoms with Crippen LogP contribution < -0.4 is 5.90 Å². The number of rotatable bonds is 6. The summed E-state index contributed by atoms with van der Waals surface area (Å²) >= 11 is 0. The average molecular weight is 269 g/mol. The first-order chi connectivity index (χ1) is 8.45. The second-order valence-electron chi connectivity index (χ2n) is 5.17. The van der Waals surface area contributed by atoms with E-state index in [1.54, 1.807) is 0 Å². The summed E-state index contributed by atoms with van der Waals surface area (Å²) in [5.74, 6) is 5.24. The Hall–Kier alpha value is -0.910. The van der Waals surface area contributed by atoms with Gasteiger partial charge in [-0.05, 0) is 30.4 Å². The molecule has 1 fully saturated rings. The molecule has 0 bridgehead atoms. The number of benzene rings is 1. The number of hydrogen-bond acceptors (Lipinski definition) is 4. The van der Waals surface area contributed by atoms with E-state index in [0.717, 1.165) is 30.4 Å². The standard InChI is InChI=1S/C13H19NO3S/c1-18(15,16)10-13(7-8-13)12-4-2-11(3-5-12)6-9-17-14/h2-5H,6-10,14H2,1H3. The summed E-state index contributed by atoms with van der Waals surface area (Å²) in [5, 5.41) is 0. The molecule has 1 saturated carbocycles. The summed E-state index contributed by atoms with van der Waals surface area (Å²) in [7, 11) is -2.93. The van der Waals surface area contributed by atoms with Gasteiger partial charge in [0.05, 0.1) is 12.4 Å². The molecule has 0 saturated heterocycles. The molecule has 0 radical (unpaired) electrons. The van der Waals surface area contributed by atoms with Gasteiger partial charge in [0.15, 0.2) is 0 Å². The van der Waals surface area contributed by atoms with Crippen LogP contribution in [0, 0.1) is 0 Å². The van der Waals surface area contributed by atoms with Crippen LogP contribution in [-0.2, 0) is 26.5 Å². The second kappa shape index (κ2) is 4.99. The topological polar surface area (TPSA) is 69.4 Å². The van der Waals surface area contributed by atoms with Gasteiger partial charge < -0.3 is 4.84 Å². The van der Waals surface area contributed by atoms with E-state index in [9.17, 15) is 8.42 Å². The lowest BCUT2D eigenvalue weighted by molar-refractivity contribution is 0.141. The highest BCUT2D eigenvalue weighted by Crippen LogP contribution is 2.49. The van der Waals surface area contributed by atoms with Crippen molar-refractivity contribution in [2.75, 3.05) is 18.6 Å². The molecule has 100 valence electrons. The van der Waals surface area contributed by atoms with Gasteiger partial charge in [0.1, 0.15) is 9.84 Å². The van der Waals surface area contributed by atoms with Gasteiger partial charge in [0.2, 0.25) is 0 Å². The monoisotopic (exact) mass is 269 g/mol. The van der Waals surface area contributed by atoms with E-state index in [2.05, 4.69) is 4.84 Å². The minimum absolute atomic E-state index is 0.128. The molecule has 1 aromatic carbocycles. The molecule has 0 aliphatic heterocycles. The van der Waals surface area contributed by atoms with Crippen LogP contribution in [0.25, 0.3) is 0 Å². The molecular formula is C13H19NO3S. The SMILES string of the molecule is CS(=O)(=O)CC1(c2ccc(CCON)cc2)CC1. The van der Waals surface area contributed by atoms with Crippen molar-refractivity contribution >= 4 is 9.84 Å². The molecule has 4 nitrogen and oxygen atoms in total. The van der Waals surface area contributed by atoms with Gasteiger partial charge in [-0.2, -0.15) is 0 Å². The Balaban J connectivity index is 2.10. The Bertz CT molecular complexity index is 504. The first-order valence-electron chi connectivity index (χ1n) is 6.04. The third kappa shape index (κ3) is 3.31. The highest BCUT2D eigenvalue weighted by Gasteiger charge is 2.46. The highest BCUT2D eigenvalue weighted by atomic mass is 32.2. The fraction of sp³-hybridized carbons (Fsp3) is 0.538. The lowest BCUT2D eigenvalue weighted by Gasteiger charge is -2.14.